The van der Waals surface area contributed by atoms with Crippen LogP contribution in [-0.2, 0) is 14.3 Å². The Morgan fingerprint density at radius 2 is 2.03 bits per heavy atom. The van der Waals surface area contributed by atoms with Crippen molar-refractivity contribution in [2.75, 3.05) is 13.2 Å². The van der Waals surface area contributed by atoms with Gasteiger partial charge in [0.1, 0.15) is 17.6 Å². The number of ketones is 1. The fourth-order valence-corrected chi connectivity index (χ4v) is 3.82. The Hall–Kier alpha value is -3.32. The minimum absolute atomic E-state index is 0.0319. The van der Waals surface area contributed by atoms with E-state index in [-0.39, 0.29) is 17.4 Å². The number of aliphatic hydroxyl groups is 1. The number of ether oxygens (including phenoxy) is 1. The highest BCUT2D eigenvalue weighted by Crippen LogP contribution is 2.40. The molecule has 0 spiro atoms. The number of fused-ring (bicyclic) bond motifs is 1. The number of carbonyl (C=O) groups is 2. The maximum atomic E-state index is 12.9. The number of rotatable bonds is 7. The van der Waals surface area contributed by atoms with E-state index in [1.54, 1.807) is 18.3 Å². The van der Waals surface area contributed by atoms with Gasteiger partial charge in [-0.15, -0.1) is 0 Å². The van der Waals surface area contributed by atoms with Gasteiger partial charge in [0.25, 0.3) is 11.7 Å². The monoisotopic (exact) mass is 408 g/mol. The number of para-hydroxylation sites is 1. The summed E-state index contributed by atoms with van der Waals surface area (Å²) in [5, 5.41) is 11.9. The highest BCUT2D eigenvalue weighted by Gasteiger charge is 2.47. The Morgan fingerprint density at radius 1 is 1.23 bits per heavy atom. The summed E-state index contributed by atoms with van der Waals surface area (Å²) in [6, 6.07) is 10.1. The van der Waals surface area contributed by atoms with Crippen LogP contribution in [0.25, 0.3) is 16.7 Å². The van der Waals surface area contributed by atoms with E-state index in [1.807, 2.05) is 38.1 Å². The number of H-pyrrole nitrogens is 1. The molecule has 0 aliphatic carbocycles. The summed E-state index contributed by atoms with van der Waals surface area (Å²) >= 11 is 0. The van der Waals surface area contributed by atoms with Gasteiger partial charge in [-0.05, 0) is 38.5 Å². The van der Waals surface area contributed by atoms with Crippen LogP contribution in [0.4, 0.5) is 0 Å². The summed E-state index contributed by atoms with van der Waals surface area (Å²) in [5.41, 5.74) is 1.33. The van der Waals surface area contributed by atoms with Crippen LogP contribution in [0.15, 0.2) is 58.8 Å². The van der Waals surface area contributed by atoms with Crippen molar-refractivity contribution in [1.29, 1.82) is 0 Å². The first-order valence-corrected chi connectivity index (χ1v) is 9.99. The predicted molar refractivity (Wildman–Crippen MR) is 112 cm³/mol. The number of hydrogen-bond acceptors (Lipinski definition) is 5. The average Bonchev–Trinajstić information content (AvgIpc) is 3.45. The van der Waals surface area contributed by atoms with Gasteiger partial charge >= 0.3 is 0 Å². The molecule has 0 radical (unpaired) electrons. The number of furan rings is 1. The Labute approximate surface area is 173 Å². The second-order valence-electron chi connectivity index (χ2n) is 7.53. The van der Waals surface area contributed by atoms with Crippen molar-refractivity contribution in [2.45, 2.75) is 32.4 Å². The molecule has 1 saturated heterocycles. The van der Waals surface area contributed by atoms with Crippen molar-refractivity contribution < 1.29 is 23.8 Å². The van der Waals surface area contributed by atoms with E-state index in [1.165, 1.54) is 11.2 Å². The van der Waals surface area contributed by atoms with Crippen LogP contribution in [0.1, 0.15) is 37.6 Å². The van der Waals surface area contributed by atoms with E-state index in [9.17, 15) is 14.7 Å². The summed E-state index contributed by atoms with van der Waals surface area (Å²) < 4.78 is 11.1. The van der Waals surface area contributed by atoms with E-state index >= 15 is 0 Å². The van der Waals surface area contributed by atoms with Crippen molar-refractivity contribution in [2.24, 2.45) is 0 Å². The predicted octanol–water partition coefficient (Wildman–Crippen LogP) is 4.00. The lowest BCUT2D eigenvalue weighted by Crippen LogP contribution is -2.31. The molecule has 1 unspecified atom stereocenters. The van der Waals surface area contributed by atoms with Gasteiger partial charge in [-0.25, -0.2) is 0 Å². The summed E-state index contributed by atoms with van der Waals surface area (Å²) in [6.07, 6.45) is 3.78. The molecule has 1 aliphatic heterocycles. The highest BCUT2D eigenvalue weighted by molar-refractivity contribution is 6.46. The van der Waals surface area contributed by atoms with Crippen LogP contribution in [0, 0.1) is 0 Å². The number of aromatic nitrogens is 1. The van der Waals surface area contributed by atoms with Gasteiger partial charge in [0.05, 0.1) is 17.9 Å². The number of Topliss-reactive ketones (excluding diaryl/α,β-unsaturated/α-hetero) is 1. The number of aromatic amines is 1. The van der Waals surface area contributed by atoms with E-state index < -0.39 is 17.7 Å². The standard InChI is InChI=1S/C23H24N2O5/c1-14(2)29-12-6-10-25-20(18-9-5-11-30-18)19(22(27)23(25)28)21(26)16-13-24-17-8-4-3-7-15(16)17/h3-5,7-9,11,13-14,20,24,26H,6,10,12H2,1-2H3/b21-19-. The average molecular weight is 408 g/mol. The largest absolute Gasteiger partial charge is 0.507 e. The van der Waals surface area contributed by atoms with Crippen molar-refractivity contribution in [3.8, 4) is 0 Å². The number of hydrogen-bond donors (Lipinski definition) is 2. The lowest BCUT2D eigenvalue weighted by molar-refractivity contribution is -0.140. The molecule has 156 valence electrons. The number of carbonyl (C=O) groups excluding carboxylic acids is 2. The fourth-order valence-electron chi connectivity index (χ4n) is 3.82. The topological polar surface area (TPSA) is 95.8 Å². The number of benzene rings is 1. The van der Waals surface area contributed by atoms with E-state index in [2.05, 4.69) is 4.98 Å². The zero-order valence-corrected chi connectivity index (χ0v) is 16.9. The molecule has 1 atom stereocenters. The minimum Gasteiger partial charge on any atom is -0.507 e. The van der Waals surface area contributed by atoms with Gasteiger partial charge < -0.3 is 24.1 Å². The molecule has 7 nitrogen and oxygen atoms in total. The molecule has 0 saturated carbocycles. The van der Waals surface area contributed by atoms with Crippen molar-refractivity contribution in [3.63, 3.8) is 0 Å². The van der Waals surface area contributed by atoms with Gasteiger partial charge in [-0.2, -0.15) is 0 Å². The molecule has 1 amide bonds. The number of nitrogens with one attached hydrogen (secondary N) is 1. The normalized spacial score (nSPS) is 18.8. The number of nitrogens with zero attached hydrogens (tertiary/aromatic N) is 1. The number of aliphatic hydroxyl groups excluding tert-OH is 1. The van der Waals surface area contributed by atoms with Gasteiger partial charge in [0, 0.05) is 35.8 Å². The fraction of sp³-hybridized carbons (Fsp3) is 0.304. The van der Waals surface area contributed by atoms with Gasteiger partial charge in [0.15, 0.2) is 0 Å². The third-order valence-corrected chi connectivity index (χ3v) is 5.19. The highest BCUT2D eigenvalue weighted by atomic mass is 16.5. The Balaban J connectivity index is 1.75. The first kappa shape index (κ1) is 20.0. The molecule has 2 aromatic heterocycles. The second-order valence-corrected chi connectivity index (χ2v) is 7.53. The first-order chi connectivity index (χ1) is 14.5. The molecule has 30 heavy (non-hydrogen) atoms. The Bertz CT molecular complexity index is 1090. The van der Waals surface area contributed by atoms with Crippen LogP contribution < -0.4 is 0 Å². The lowest BCUT2D eigenvalue weighted by atomic mass is 9.99. The molecular formula is C23H24N2O5. The minimum atomic E-state index is -0.785. The number of amides is 1. The molecule has 2 N–H and O–H groups in total. The molecule has 1 fully saturated rings. The molecule has 1 aliphatic rings. The van der Waals surface area contributed by atoms with E-state index in [0.717, 1.165) is 10.9 Å². The van der Waals surface area contributed by atoms with Crippen LogP contribution in [-0.4, -0.2) is 45.9 Å². The third-order valence-electron chi connectivity index (χ3n) is 5.19. The van der Waals surface area contributed by atoms with Gasteiger partial charge in [0.2, 0.25) is 0 Å². The smallest absolute Gasteiger partial charge is 0.295 e. The second kappa shape index (κ2) is 8.20. The lowest BCUT2D eigenvalue weighted by Gasteiger charge is -2.23. The van der Waals surface area contributed by atoms with E-state index in [4.69, 9.17) is 9.15 Å². The maximum Gasteiger partial charge on any atom is 0.295 e. The summed E-state index contributed by atoms with van der Waals surface area (Å²) in [6.45, 7) is 4.66. The SMILES string of the molecule is CC(C)OCCCN1C(=O)C(=O)/C(=C(\O)c2c[nH]c3ccccc23)C1c1ccco1. The zero-order valence-electron chi connectivity index (χ0n) is 16.9. The quantitative estimate of drug-likeness (QED) is 0.267. The molecule has 3 heterocycles. The molecule has 4 rings (SSSR count). The van der Waals surface area contributed by atoms with Crippen molar-refractivity contribution in [3.05, 3.63) is 65.8 Å². The van der Waals surface area contributed by atoms with Crippen LogP contribution in [0.2, 0.25) is 0 Å². The van der Waals surface area contributed by atoms with Crippen LogP contribution >= 0.6 is 0 Å². The summed E-state index contributed by atoms with van der Waals surface area (Å²) in [4.78, 5) is 30.3. The van der Waals surface area contributed by atoms with Gasteiger partial charge in [-0.1, -0.05) is 18.2 Å². The van der Waals surface area contributed by atoms with E-state index in [0.29, 0.717) is 30.9 Å². The van der Waals surface area contributed by atoms with Crippen molar-refractivity contribution in [1.82, 2.24) is 9.88 Å². The third kappa shape index (κ3) is 3.52. The Kier molecular flexibility index (Phi) is 5.46. The Morgan fingerprint density at radius 3 is 2.77 bits per heavy atom. The number of likely N-dealkylation sites (tertiary alicyclic amines) is 1. The maximum absolute atomic E-state index is 12.9. The zero-order chi connectivity index (χ0) is 21.3. The molecular weight excluding hydrogens is 384 g/mol. The molecule has 0 bridgehead atoms. The first-order valence-electron chi connectivity index (χ1n) is 9.99. The van der Waals surface area contributed by atoms with Crippen LogP contribution in [0.5, 0.6) is 0 Å². The molecule has 3 aromatic rings. The van der Waals surface area contributed by atoms with Crippen molar-refractivity contribution >= 4 is 28.4 Å². The summed E-state index contributed by atoms with van der Waals surface area (Å²) in [7, 11) is 0. The molecule has 1 aromatic carbocycles. The van der Waals surface area contributed by atoms with Crippen LogP contribution in [0.3, 0.4) is 0 Å². The van der Waals surface area contributed by atoms with Gasteiger partial charge in [-0.3, -0.25) is 9.59 Å². The summed E-state index contributed by atoms with van der Waals surface area (Å²) in [5.74, 6) is -1.15. The molecule has 7 heteroatoms.